The molecule has 23 heavy (non-hydrogen) atoms. The third-order valence-electron chi connectivity index (χ3n) is 4.17. The Morgan fingerprint density at radius 1 is 1.30 bits per heavy atom. The van der Waals surface area contributed by atoms with Gasteiger partial charge in [0.1, 0.15) is 5.82 Å². The molecule has 0 unspecified atom stereocenters. The molecule has 5 nitrogen and oxygen atoms in total. The first kappa shape index (κ1) is 17.6. The highest BCUT2D eigenvalue weighted by Gasteiger charge is 2.13. The number of rotatable bonds is 7. The SMILES string of the molecule is CN=C(NCCCC(C)C)NCc1ccnc(N2CCCC2)c1. The zero-order valence-electron chi connectivity index (χ0n) is 14.8. The van der Waals surface area contributed by atoms with Crippen LogP contribution in [0.5, 0.6) is 0 Å². The maximum absolute atomic E-state index is 4.50. The second kappa shape index (κ2) is 9.38. The third kappa shape index (κ3) is 6.08. The van der Waals surface area contributed by atoms with Crippen LogP contribution in [0.3, 0.4) is 0 Å². The van der Waals surface area contributed by atoms with E-state index in [4.69, 9.17) is 0 Å². The predicted molar refractivity (Wildman–Crippen MR) is 98.0 cm³/mol. The van der Waals surface area contributed by atoms with Crippen molar-refractivity contribution in [2.45, 2.75) is 46.1 Å². The number of guanidine groups is 1. The van der Waals surface area contributed by atoms with E-state index < -0.39 is 0 Å². The second-order valence-corrected chi connectivity index (χ2v) is 6.61. The average Bonchev–Trinajstić information content (AvgIpc) is 3.09. The molecule has 2 rings (SSSR count). The number of hydrogen-bond donors (Lipinski definition) is 2. The fourth-order valence-corrected chi connectivity index (χ4v) is 2.81. The van der Waals surface area contributed by atoms with Crippen LogP contribution in [-0.2, 0) is 6.54 Å². The van der Waals surface area contributed by atoms with Gasteiger partial charge in [-0.15, -0.1) is 0 Å². The lowest BCUT2D eigenvalue weighted by molar-refractivity contribution is 0.549. The molecule has 0 atom stereocenters. The van der Waals surface area contributed by atoms with Gasteiger partial charge in [0.25, 0.3) is 0 Å². The van der Waals surface area contributed by atoms with Gasteiger partial charge in [-0.2, -0.15) is 0 Å². The third-order valence-corrected chi connectivity index (χ3v) is 4.17. The van der Waals surface area contributed by atoms with Crippen LogP contribution < -0.4 is 15.5 Å². The Bertz CT molecular complexity index is 492. The van der Waals surface area contributed by atoms with Crippen molar-refractivity contribution in [1.82, 2.24) is 15.6 Å². The van der Waals surface area contributed by atoms with E-state index >= 15 is 0 Å². The van der Waals surface area contributed by atoms with Crippen molar-refractivity contribution >= 4 is 11.8 Å². The molecule has 1 saturated heterocycles. The van der Waals surface area contributed by atoms with Crippen LogP contribution in [0.2, 0.25) is 0 Å². The molecular weight excluding hydrogens is 286 g/mol. The highest BCUT2D eigenvalue weighted by molar-refractivity contribution is 5.79. The van der Waals surface area contributed by atoms with Crippen molar-refractivity contribution in [1.29, 1.82) is 0 Å². The zero-order chi connectivity index (χ0) is 16.5. The Kier molecular flexibility index (Phi) is 7.17. The fraction of sp³-hybridized carbons (Fsp3) is 0.667. The van der Waals surface area contributed by atoms with Gasteiger partial charge < -0.3 is 15.5 Å². The summed E-state index contributed by atoms with van der Waals surface area (Å²) in [6, 6.07) is 4.25. The molecule has 0 bridgehead atoms. The topological polar surface area (TPSA) is 52.6 Å². The van der Waals surface area contributed by atoms with Crippen LogP contribution in [0.1, 0.15) is 45.1 Å². The number of aliphatic imine (C=N–C) groups is 1. The molecule has 1 aromatic heterocycles. The molecule has 1 fully saturated rings. The van der Waals surface area contributed by atoms with Gasteiger partial charge in [-0.3, -0.25) is 4.99 Å². The van der Waals surface area contributed by atoms with Crippen LogP contribution in [0.25, 0.3) is 0 Å². The molecule has 2 N–H and O–H groups in total. The minimum atomic E-state index is 0.757. The summed E-state index contributed by atoms with van der Waals surface area (Å²) in [5.41, 5.74) is 1.24. The normalized spacial score (nSPS) is 15.3. The fourth-order valence-electron chi connectivity index (χ4n) is 2.81. The highest BCUT2D eigenvalue weighted by Crippen LogP contribution is 2.18. The molecule has 0 saturated carbocycles. The van der Waals surface area contributed by atoms with Gasteiger partial charge in [-0.1, -0.05) is 13.8 Å². The monoisotopic (exact) mass is 317 g/mol. The molecule has 1 aromatic rings. The Morgan fingerprint density at radius 2 is 2.09 bits per heavy atom. The average molecular weight is 317 g/mol. The van der Waals surface area contributed by atoms with E-state index in [2.05, 4.69) is 51.5 Å². The molecule has 0 aromatic carbocycles. The number of anilines is 1. The first-order valence-corrected chi connectivity index (χ1v) is 8.83. The second-order valence-electron chi connectivity index (χ2n) is 6.61. The van der Waals surface area contributed by atoms with E-state index in [-0.39, 0.29) is 0 Å². The van der Waals surface area contributed by atoms with Crippen molar-refractivity contribution in [2.75, 3.05) is 31.6 Å². The number of nitrogens with one attached hydrogen (secondary N) is 2. The molecule has 0 aliphatic carbocycles. The Morgan fingerprint density at radius 3 is 2.78 bits per heavy atom. The van der Waals surface area contributed by atoms with Crippen LogP contribution in [0.4, 0.5) is 5.82 Å². The molecule has 1 aliphatic heterocycles. The number of pyridine rings is 1. The van der Waals surface area contributed by atoms with Gasteiger partial charge in [0, 0.05) is 39.4 Å². The van der Waals surface area contributed by atoms with E-state index in [1.54, 1.807) is 0 Å². The van der Waals surface area contributed by atoms with Gasteiger partial charge in [-0.25, -0.2) is 4.98 Å². The zero-order valence-corrected chi connectivity index (χ0v) is 14.8. The van der Waals surface area contributed by atoms with Crippen LogP contribution in [0, 0.1) is 5.92 Å². The molecule has 0 spiro atoms. The van der Waals surface area contributed by atoms with Crippen molar-refractivity contribution in [3.63, 3.8) is 0 Å². The summed E-state index contributed by atoms with van der Waals surface area (Å²) in [6.45, 7) is 8.51. The van der Waals surface area contributed by atoms with Gasteiger partial charge in [-0.05, 0) is 49.3 Å². The van der Waals surface area contributed by atoms with E-state index in [1.165, 1.54) is 31.2 Å². The number of nitrogens with zero attached hydrogens (tertiary/aromatic N) is 3. The van der Waals surface area contributed by atoms with Gasteiger partial charge in [0.2, 0.25) is 0 Å². The lowest BCUT2D eigenvalue weighted by atomic mass is 10.1. The van der Waals surface area contributed by atoms with Crippen LogP contribution in [0.15, 0.2) is 23.3 Å². The van der Waals surface area contributed by atoms with Crippen LogP contribution >= 0.6 is 0 Å². The lowest BCUT2D eigenvalue weighted by Gasteiger charge is -2.17. The summed E-state index contributed by atoms with van der Waals surface area (Å²) < 4.78 is 0. The standard InChI is InChI=1S/C18H31N5/c1-15(2)7-6-9-21-18(19-3)22-14-16-8-10-20-17(13-16)23-11-4-5-12-23/h8,10,13,15H,4-7,9,11-12,14H2,1-3H3,(H2,19,21,22). The summed E-state index contributed by atoms with van der Waals surface area (Å²) in [5.74, 6) is 2.72. The first-order valence-electron chi connectivity index (χ1n) is 8.83. The predicted octanol–water partition coefficient (Wildman–Crippen LogP) is 2.78. The molecule has 5 heteroatoms. The molecule has 2 heterocycles. The Hall–Kier alpha value is -1.78. The summed E-state index contributed by atoms with van der Waals surface area (Å²) in [7, 11) is 1.82. The van der Waals surface area contributed by atoms with E-state index in [9.17, 15) is 0 Å². The summed E-state index contributed by atoms with van der Waals surface area (Å²) >= 11 is 0. The number of aromatic nitrogens is 1. The highest BCUT2D eigenvalue weighted by atomic mass is 15.2. The number of hydrogen-bond acceptors (Lipinski definition) is 3. The summed E-state index contributed by atoms with van der Waals surface area (Å²) in [6.07, 6.45) is 6.87. The van der Waals surface area contributed by atoms with Gasteiger partial charge >= 0.3 is 0 Å². The quantitative estimate of drug-likeness (QED) is 0.461. The largest absolute Gasteiger partial charge is 0.357 e. The molecule has 128 valence electrons. The molecule has 1 aliphatic rings. The molecular formula is C18H31N5. The molecule has 0 radical (unpaired) electrons. The Balaban J connectivity index is 1.78. The minimum Gasteiger partial charge on any atom is -0.357 e. The van der Waals surface area contributed by atoms with Gasteiger partial charge in [0.05, 0.1) is 0 Å². The first-order chi connectivity index (χ1) is 11.2. The Labute approximate surface area is 140 Å². The smallest absolute Gasteiger partial charge is 0.191 e. The van der Waals surface area contributed by atoms with Crippen molar-refractivity contribution in [3.05, 3.63) is 23.9 Å². The maximum atomic E-state index is 4.50. The van der Waals surface area contributed by atoms with Crippen molar-refractivity contribution in [3.8, 4) is 0 Å². The minimum absolute atomic E-state index is 0.757. The van der Waals surface area contributed by atoms with Gasteiger partial charge in [0.15, 0.2) is 5.96 Å². The maximum Gasteiger partial charge on any atom is 0.191 e. The van der Waals surface area contributed by atoms with E-state index in [1.807, 2.05) is 13.2 Å². The van der Waals surface area contributed by atoms with Crippen LogP contribution in [-0.4, -0.2) is 37.6 Å². The van der Waals surface area contributed by atoms with E-state index in [0.717, 1.165) is 43.9 Å². The van der Waals surface area contributed by atoms with Crippen molar-refractivity contribution < 1.29 is 0 Å². The van der Waals surface area contributed by atoms with E-state index in [0.29, 0.717) is 0 Å². The molecule has 0 amide bonds. The summed E-state index contributed by atoms with van der Waals surface area (Å²) in [4.78, 5) is 11.1. The summed E-state index contributed by atoms with van der Waals surface area (Å²) in [5, 5.41) is 6.76. The van der Waals surface area contributed by atoms with Crippen molar-refractivity contribution in [2.24, 2.45) is 10.9 Å². The lowest BCUT2D eigenvalue weighted by Crippen LogP contribution is -2.37.